The fourth-order valence-electron chi connectivity index (χ4n) is 3.12. The van der Waals surface area contributed by atoms with Crippen molar-refractivity contribution in [2.75, 3.05) is 35.9 Å². The van der Waals surface area contributed by atoms with Crippen LogP contribution in [-0.4, -0.2) is 42.5 Å². The van der Waals surface area contributed by atoms with Gasteiger partial charge < -0.3 is 10.1 Å². The first-order valence-corrected chi connectivity index (χ1v) is 9.84. The van der Waals surface area contributed by atoms with Gasteiger partial charge in [-0.25, -0.2) is 8.70 Å². The lowest BCUT2D eigenvalue weighted by Gasteiger charge is -2.44. The fourth-order valence-corrected chi connectivity index (χ4v) is 4.92. The van der Waals surface area contributed by atoms with Crippen molar-refractivity contribution < 1.29 is 18.2 Å². The minimum atomic E-state index is -3.43. The Kier molecular flexibility index (Phi) is 5.69. The van der Waals surface area contributed by atoms with E-state index in [4.69, 9.17) is 4.74 Å². The zero-order chi connectivity index (χ0) is 18.7. The molecular formula is C18H24FN3O3S. The number of anilines is 3. The highest BCUT2D eigenvalue weighted by atomic mass is 32.3. The Morgan fingerprint density at radius 2 is 1.69 bits per heavy atom. The summed E-state index contributed by atoms with van der Waals surface area (Å²) in [4.78, 5) is 0. The molecule has 2 aromatic rings. The second-order valence-electron chi connectivity index (χ2n) is 6.03. The van der Waals surface area contributed by atoms with Crippen molar-refractivity contribution in [2.45, 2.75) is 12.5 Å². The number of benzene rings is 2. The number of rotatable bonds is 7. The van der Waals surface area contributed by atoms with Crippen LogP contribution in [0.1, 0.15) is 6.42 Å². The third-order valence-corrected chi connectivity index (χ3v) is 6.25. The van der Waals surface area contributed by atoms with Crippen LogP contribution in [0.15, 0.2) is 48.5 Å². The number of likely N-dealkylation sites (N-methyl/N-ethyl adjacent to an activating group) is 1. The van der Waals surface area contributed by atoms with E-state index in [1.54, 1.807) is 37.4 Å². The summed E-state index contributed by atoms with van der Waals surface area (Å²) in [5, 5.41) is 3.05. The van der Waals surface area contributed by atoms with Gasteiger partial charge in [0.15, 0.2) is 0 Å². The van der Waals surface area contributed by atoms with Crippen LogP contribution in [0, 0.1) is 5.82 Å². The zero-order valence-corrected chi connectivity index (χ0v) is 15.6. The van der Waals surface area contributed by atoms with Gasteiger partial charge in [0.2, 0.25) is 0 Å². The first kappa shape index (κ1) is 18.9. The van der Waals surface area contributed by atoms with Crippen LogP contribution in [0.3, 0.4) is 0 Å². The van der Waals surface area contributed by atoms with Crippen LogP contribution in [0.25, 0.3) is 0 Å². The molecule has 3 rings (SSSR count). The van der Waals surface area contributed by atoms with Crippen molar-refractivity contribution in [3.63, 3.8) is 0 Å². The number of hydrogen-bond donors (Lipinski definition) is 3. The van der Waals surface area contributed by atoms with Crippen LogP contribution in [0.4, 0.5) is 21.5 Å². The second-order valence-corrected chi connectivity index (χ2v) is 7.82. The van der Waals surface area contributed by atoms with Crippen LogP contribution in [-0.2, 0) is 4.74 Å². The summed E-state index contributed by atoms with van der Waals surface area (Å²) in [6, 6.07) is 13.3. The van der Waals surface area contributed by atoms with E-state index in [0.717, 1.165) is 0 Å². The van der Waals surface area contributed by atoms with Crippen LogP contribution in [0.2, 0.25) is 0 Å². The van der Waals surface area contributed by atoms with Crippen molar-refractivity contribution in [3.8, 4) is 0 Å². The van der Waals surface area contributed by atoms with Crippen molar-refractivity contribution >= 4 is 28.0 Å². The highest BCUT2D eigenvalue weighted by Gasteiger charge is 2.42. The predicted octanol–water partition coefficient (Wildman–Crippen LogP) is 3.99. The normalized spacial score (nSPS) is 17.9. The van der Waals surface area contributed by atoms with Crippen molar-refractivity contribution in [1.29, 1.82) is 0 Å². The standard InChI is InChI=1S/C18H24FN3O3S/c1-20-13-14(25-2)11-12-21-17-9-5-6-10-18(17)22(26(21,23)24)16-8-4-3-7-15(16)19/h3-10,14,20,23-24H,11-13H2,1-2H3/t14-/m0/s1. The lowest BCUT2D eigenvalue weighted by atomic mass is 10.2. The number of para-hydroxylation sites is 3. The SMILES string of the molecule is CNC[C@H](CCN1c2ccccc2N(c2ccccc2F)S1(O)O)OC. The average molecular weight is 381 g/mol. The number of nitrogens with zero attached hydrogens (tertiary/aromatic N) is 2. The molecular weight excluding hydrogens is 357 g/mol. The molecule has 0 saturated heterocycles. The molecule has 1 atom stereocenters. The maximum Gasteiger partial charge on any atom is 0.148 e. The van der Waals surface area contributed by atoms with Crippen LogP contribution in [0.5, 0.6) is 0 Å². The van der Waals surface area contributed by atoms with Gasteiger partial charge in [0.1, 0.15) is 11.5 Å². The summed E-state index contributed by atoms with van der Waals surface area (Å²) in [6.45, 7) is 1.02. The molecule has 0 amide bonds. The molecule has 1 heterocycles. The predicted molar refractivity (Wildman–Crippen MR) is 105 cm³/mol. The summed E-state index contributed by atoms with van der Waals surface area (Å²) in [7, 11) is 0.0359. The zero-order valence-electron chi connectivity index (χ0n) is 14.8. The molecule has 0 saturated carbocycles. The minimum Gasteiger partial charge on any atom is -0.380 e. The molecule has 26 heavy (non-hydrogen) atoms. The Hall–Kier alpha value is -1.84. The molecule has 8 heteroatoms. The van der Waals surface area contributed by atoms with Gasteiger partial charge in [-0.15, -0.1) is 0 Å². The molecule has 0 fully saturated rings. The van der Waals surface area contributed by atoms with E-state index in [1.165, 1.54) is 14.7 Å². The molecule has 0 unspecified atom stereocenters. The molecule has 0 aliphatic carbocycles. The third-order valence-electron chi connectivity index (χ3n) is 4.40. The van der Waals surface area contributed by atoms with Gasteiger partial charge in [-0.05, 0) is 48.7 Å². The van der Waals surface area contributed by atoms with E-state index in [2.05, 4.69) is 5.32 Å². The van der Waals surface area contributed by atoms with Crippen molar-refractivity contribution in [2.24, 2.45) is 0 Å². The van der Waals surface area contributed by atoms with Gasteiger partial charge in [0.25, 0.3) is 0 Å². The topological polar surface area (TPSA) is 68.2 Å². The lowest BCUT2D eigenvalue weighted by molar-refractivity contribution is 0.0984. The fraction of sp³-hybridized carbons (Fsp3) is 0.333. The van der Waals surface area contributed by atoms with Gasteiger partial charge in [-0.2, -0.15) is 0 Å². The van der Waals surface area contributed by atoms with Gasteiger partial charge in [0, 0.05) is 20.2 Å². The molecule has 3 N–H and O–H groups in total. The summed E-state index contributed by atoms with van der Waals surface area (Å²) in [6.07, 6.45) is 0.525. The third kappa shape index (κ3) is 3.38. The Labute approximate surface area is 154 Å². The summed E-state index contributed by atoms with van der Waals surface area (Å²) in [5.41, 5.74) is 1.37. The van der Waals surface area contributed by atoms with E-state index in [0.29, 0.717) is 30.9 Å². The molecule has 0 radical (unpaired) electrons. The maximum absolute atomic E-state index is 14.4. The van der Waals surface area contributed by atoms with E-state index >= 15 is 0 Å². The second kappa shape index (κ2) is 7.81. The Balaban J connectivity index is 1.96. The largest absolute Gasteiger partial charge is 0.380 e. The summed E-state index contributed by atoms with van der Waals surface area (Å²) in [5.74, 6) is -0.505. The van der Waals surface area contributed by atoms with E-state index in [9.17, 15) is 13.5 Å². The van der Waals surface area contributed by atoms with Crippen LogP contribution < -0.4 is 13.9 Å². The van der Waals surface area contributed by atoms with E-state index in [-0.39, 0.29) is 11.8 Å². The molecule has 1 aliphatic rings. The molecule has 142 valence electrons. The van der Waals surface area contributed by atoms with Gasteiger partial charge in [-0.3, -0.25) is 13.4 Å². The highest BCUT2D eigenvalue weighted by Crippen LogP contribution is 2.64. The molecule has 0 aromatic heterocycles. The minimum absolute atomic E-state index is 0.0649. The molecule has 0 bridgehead atoms. The maximum atomic E-state index is 14.4. The first-order chi connectivity index (χ1) is 12.5. The van der Waals surface area contributed by atoms with Gasteiger partial charge >= 0.3 is 0 Å². The molecule has 1 aliphatic heterocycles. The average Bonchev–Trinajstić information content (AvgIpc) is 2.85. The van der Waals surface area contributed by atoms with Gasteiger partial charge in [-0.1, -0.05) is 24.3 Å². The smallest absolute Gasteiger partial charge is 0.148 e. The summed E-state index contributed by atoms with van der Waals surface area (Å²) < 4.78 is 44.6. The Bertz CT molecular complexity index is 762. The number of halogens is 1. The molecule has 6 nitrogen and oxygen atoms in total. The van der Waals surface area contributed by atoms with Crippen molar-refractivity contribution in [3.05, 3.63) is 54.3 Å². The monoisotopic (exact) mass is 381 g/mol. The number of methoxy groups -OCH3 is 1. The van der Waals surface area contributed by atoms with Gasteiger partial charge in [0.05, 0.1) is 17.5 Å². The first-order valence-electron chi connectivity index (χ1n) is 8.38. The Morgan fingerprint density at radius 1 is 1.08 bits per heavy atom. The number of hydrogen-bond acceptors (Lipinski definition) is 6. The Morgan fingerprint density at radius 3 is 2.31 bits per heavy atom. The van der Waals surface area contributed by atoms with E-state index in [1.807, 2.05) is 19.2 Å². The lowest BCUT2D eigenvalue weighted by Crippen LogP contribution is -2.35. The highest BCUT2D eigenvalue weighted by molar-refractivity contribution is 8.27. The molecule has 2 aromatic carbocycles. The van der Waals surface area contributed by atoms with E-state index < -0.39 is 16.8 Å². The van der Waals surface area contributed by atoms with Crippen LogP contribution >= 0.6 is 11.0 Å². The molecule has 0 spiro atoms. The van der Waals surface area contributed by atoms with Crippen molar-refractivity contribution in [1.82, 2.24) is 5.32 Å². The number of fused-ring (bicyclic) bond motifs is 1. The summed E-state index contributed by atoms with van der Waals surface area (Å²) >= 11 is 0. The number of ether oxygens (including phenoxy) is 1. The quantitative estimate of drug-likeness (QED) is 0.674. The number of nitrogens with one attached hydrogen (secondary N) is 1.